The molecule has 0 spiro atoms. The largest absolute Gasteiger partial charge is 0.492 e. The first-order valence-corrected chi connectivity index (χ1v) is 13.5. The van der Waals surface area contributed by atoms with Gasteiger partial charge in [-0.1, -0.05) is 0 Å². The van der Waals surface area contributed by atoms with E-state index in [-0.39, 0.29) is 54.0 Å². The van der Waals surface area contributed by atoms with Gasteiger partial charge < -0.3 is 9.64 Å². The lowest BCUT2D eigenvalue weighted by Crippen LogP contribution is -2.48. The summed E-state index contributed by atoms with van der Waals surface area (Å²) in [4.78, 5) is 14.0. The summed E-state index contributed by atoms with van der Waals surface area (Å²) in [6.07, 6.45) is -0.150. The Hall–Kier alpha value is -2.70. The number of carbonyl (C=O) groups is 1. The smallest absolute Gasteiger partial charge is 0.246 e. The molecule has 2 aromatic rings. The van der Waals surface area contributed by atoms with Crippen LogP contribution >= 0.6 is 0 Å². The number of rotatable bonds is 6. The van der Waals surface area contributed by atoms with E-state index in [1.807, 2.05) is 4.90 Å². The van der Waals surface area contributed by atoms with Crippen molar-refractivity contribution in [1.82, 2.24) is 4.31 Å². The quantitative estimate of drug-likeness (QED) is 0.599. The van der Waals surface area contributed by atoms with Gasteiger partial charge in [0, 0.05) is 38.3 Å². The molecule has 33 heavy (non-hydrogen) atoms. The number of hydrogen-bond acceptors (Lipinski definition) is 7. The topological polar surface area (TPSA) is 104 Å². The van der Waals surface area contributed by atoms with Gasteiger partial charge in [0.2, 0.25) is 26.0 Å². The van der Waals surface area contributed by atoms with Crippen molar-refractivity contribution in [3.05, 3.63) is 48.3 Å². The Morgan fingerprint density at radius 2 is 1.64 bits per heavy atom. The fourth-order valence-electron chi connectivity index (χ4n) is 3.95. The van der Waals surface area contributed by atoms with Gasteiger partial charge in [0.15, 0.2) is 0 Å². The van der Waals surface area contributed by atoms with Crippen molar-refractivity contribution >= 4 is 37.3 Å². The molecule has 0 N–H and O–H groups in total. The molecule has 0 atom stereocenters. The van der Waals surface area contributed by atoms with Gasteiger partial charge in [0.05, 0.1) is 18.0 Å². The van der Waals surface area contributed by atoms with Crippen LogP contribution in [0, 0.1) is 5.82 Å². The first-order valence-electron chi connectivity index (χ1n) is 10.5. The summed E-state index contributed by atoms with van der Waals surface area (Å²) in [5, 5.41) is 0. The van der Waals surface area contributed by atoms with Gasteiger partial charge in [0.25, 0.3) is 0 Å². The van der Waals surface area contributed by atoms with Gasteiger partial charge in [-0.05, 0) is 49.4 Å². The van der Waals surface area contributed by atoms with Crippen molar-refractivity contribution in [2.24, 2.45) is 0 Å². The number of amides is 1. The zero-order valence-corrected chi connectivity index (χ0v) is 19.6. The highest BCUT2D eigenvalue weighted by Crippen LogP contribution is 2.34. The fraction of sp³-hybridized carbons (Fsp3) is 0.381. The predicted molar refractivity (Wildman–Crippen MR) is 121 cm³/mol. The van der Waals surface area contributed by atoms with Crippen LogP contribution in [0.4, 0.5) is 15.8 Å². The Morgan fingerprint density at radius 3 is 2.21 bits per heavy atom. The van der Waals surface area contributed by atoms with Crippen LogP contribution in [-0.4, -0.2) is 65.6 Å². The highest BCUT2D eigenvalue weighted by Gasteiger charge is 2.38. The van der Waals surface area contributed by atoms with Crippen molar-refractivity contribution in [3.8, 4) is 5.75 Å². The van der Waals surface area contributed by atoms with E-state index in [0.29, 0.717) is 17.4 Å². The second-order valence-electron chi connectivity index (χ2n) is 7.66. The molecule has 178 valence electrons. The van der Waals surface area contributed by atoms with Gasteiger partial charge in [-0.25, -0.2) is 25.5 Å². The van der Waals surface area contributed by atoms with E-state index in [1.165, 1.54) is 34.6 Å². The van der Waals surface area contributed by atoms with Gasteiger partial charge in [-0.3, -0.25) is 4.79 Å². The van der Waals surface area contributed by atoms with Gasteiger partial charge in [-0.2, -0.15) is 4.31 Å². The summed E-state index contributed by atoms with van der Waals surface area (Å²) in [6, 6.07) is 9.93. The second kappa shape index (κ2) is 8.92. The summed E-state index contributed by atoms with van der Waals surface area (Å²) in [5.74, 6) is -1.17. The molecule has 2 saturated heterocycles. The molecule has 12 heteroatoms. The van der Waals surface area contributed by atoms with E-state index < -0.39 is 26.0 Å². The van der Waals surface area contributed by atoms with E-state index in [2.05, 4.69) is 0 Å². The Kier molecular flexibility index (Phi) is 6.34. The highest BCUT2D eigenvalue weighted by molar-refractivity contribution is 7.94. The average molecular weight is 498 g/mol. The van der Waals surface area contributed by atoms with Gasteiger partial charge >= 0.3 is 0 Å². The van der Waals surface area contributed by atoms with E-state index >= 15 is 0 Å². The molecule has 0 saturated carbocycles. The maximum atomic E-state index is 13.5. The van der Waals surface area contributed by atoms with Gasteiger partial charge in [0.1, 0.15) is 16.5 Å². The zero-order chi connectivity index (χ0) is 23.8. The minimum atomic E-state index is -4.05. The maximum Gasteiger partial charge on any atom is 0.246 e. The molecule has 2 aliphatic heterocycles. The molecule has 4 rings (SSSR count). The Labute approximate surface area is 192 Å². The first-order chi connectivity index (χ1) is 15.6. The van der Waals surface area contributed by atoms with Crippen LogP contribution < -0.4 is 13.9 Å². The summed E-state index contributed by atoms with van der Waals surface area (Å²) < 4.78 is 72.3. The van der Waals surface area contributed by atoms with Crippen molar-refractivity contribution in [2.75, 3.05) is 47.7 Å². The molecule has 2 fully saturated rings. The van der Waals surface area contributed by atoms with Crippen LogP contribution in [0.1, 0.15) is 13.3 Å². The number of piperazine rings is 1. The molecule has 1 amide bonds. The van der Waals surface area contributed by atoms with E-state index in [1.54, 1.807) is 19.1 Å². The summed E-state index contributed by atoms with van der Waals surface area (Å²) >= 11 is 0. The lowest BCUT2D eigenvalue weighted by Gasteiger charge is -2.35. The fourth-order valence-corrected chi connectivity index (χ4v) is 6.97. The molecule has 0 aliphatic carbocycles. The third-order valence-electron chi connectivity index (χ3n) is 5.59. The lowest BCUT2D eigenvalue weighted by molar-refractivity contribution is -0.116. The molecular weight excluding hydrogens is 473 g/mol. The highest BCUT2D eigenvalue weighted by atomic mass is 32.2. The Balaban J connectivity index is 1.62. The molecular formula is C21H24FN3O6S2. The van der Waals surface area contributed by atoms with Crippen LogP contribution in [0.25, 0.3) is 0 Å². The number of benzene rings is 2. The minimum Gasteiger partial charge on any atom is -0.492 e. The number of sulfonamides is 2. The van der Waals surface area contributed by atoms with Crippen LogP contribution in [0.2, 0.25) is 0 Å². The Morgan fingerprint density at radius 1 is 1.00 bits per heavy atom. The SMILES string of the molecule is CCOc1ccc(N2C(=O)CCS2(=O)=O)cc1S(=O)(=O)N1CCN(c2ccc(F)cc2)CC1. The van der Waals surface area contributed by atoms with Crippen LogP contribution in [0.5, 0.6) is 5.75 Å². The number of ether oxygens (including phenoxy) is 1. The van der Waals surface area contributed by atoms with Gasteiger partial charge in [-0.15, -0.1) is 0 Å². The predicted octanol–water partition coefficient (Wildman–Crippen LogP) is 1.80. The number of hydrogen-bond donors (Lipinski definition) is 0. The van der Waals surface area contributed by atoms with Crippen LogP contribution in [0.15, 0.2) is 47.4 Å². The van der Waals surface area contributed by atoms with E-state index in [0.717, 1.165) is 5.69 Å². The molecule has 9 nitrogen and oxygen atoms in total. The standard InChI is InChI=1S/C21H24FN3O6S2/c1-2-31-19-8-7-18(25-21(26)9-14-32(25,27)28)15-20(19)33(29,30)24-12-10-23(11-13-24)17-5-3-16(22)4-6-17/h3-8,15H,2,9-14H2,1H3. The molecule has 0 aromatic heterocycles. The molecule has 2 aromatic carbocycles. The third kappa shape index (κ3) is 4.55. The number of anilines is 2. The number of nitrogens with zero attached hydrogens (tertiary/aromatic N) is 3. The third-order valence-corrected chi connectivity index (χ3v) is 9.20. The van der Waals surface area contributed by atoms with Crippen LogP contribution in [-0.2, 0) is 24.8 Å². The number of halogens is 1. The van der Waals surface area contributed by atoms with Crippen molar-refractivity contribution in [2.45, 2.75) is 18.2 Å². The van der Waals surface area contributed by atoms with Crippen molar-refractivity contribution in [3.63, 3.8) is 0 Å². The van der Waals surface area contributed by atoms with E-state index in [9.17, 15) is 26.0 Å². The Bertz CT molecular complexity index is 1260. The molecule has 0 radical (unpaired) electrons. The second-order valence-corrected chi connectivity index (χ2v) is 11.5. The normalized spacial score (nSPS) is 19.2. The average Bonchev–Trinajstić information content (AvgIpc) is 3.07. The summed E-state index contributed by atoms with van der Waals surface area (Å²) in [6.45, 7) is 3.06. The molecule has 2 aliphatic rings. The number of carbonyl (C=O) groups excluding carboxylic acids is 1. The first kappa shape index (κ1) is 23.5. The molecule has 2 heterocycles. The lowest BCUT2D eigenvalue weighted by atomic mass is 10.2. The molecule has 0 unspecified atom stereocenters. The zero-order valence-electron chi connectivity index (χ0n) is 18.0. The van der Waals surface area contributed by atoms with Crippen molar-refractivity contribution in [1.29, 1.82) is 0 Å². The van der Waals surface area contributed by atoms with E-state index in [4.69, 9.17) is 4.74 Å². The van der Waals surface area contributed by atoms with Crippen molar-refractivity contribution < 1.29 is 30.8 Å². The maximum absolute atomic E-state index is 13.5. The summed E-state index contributed by atoms with van der Waals surface area (Å²) in [5.41, 5.74) is 0.771. The summed E-state index contributed by atoms with van der Waals surface area (Å²) in [7, 11) is -7.89. The molecule has 0 bridgehead atoms. The van der Waals surface area contributed by atoms with Crippen LogP contribution in [0.3, 0.4) is 0 Å². The monoisotopic (exact) mass is 497 g/mol. The minimum absolute atomic E-state index is 0.0236.